The van der Waals surface area contributed by atoms with Crippen LogP contribution in [0.2, 0.25) is 0 Å². The van der Waals surface area contributed by atoms with Crippen molar-refractivity contribution in [3.05, 3.63) is 60.4 Å². The van der Waals surface area contributed by atoms with Gasteiger partial charge in [-0.1, -0.05) is 30.3 Å². The summed E-state index contributed by atoms with van der Waals surface area (Å²) in [6.45, 7) is 5.76. The lowest BCUT2D eigenvalue weighted by Crippen LogP contribution is -2.49. The van der Waals surface area contributed by atoms with E-state index in [1.807, 2.05) is 55.5 Å². The molecule has 1 aliphatic heterocycles. The summed E-state index contributed by atoms with van der Waals surface area (Å²) >= 11 is 0. The zero-order valence-corrected chi connectivity index (χ0v) is 16.9. The minimum atomic E-state index is -0.162. The topological polar surface area (TPSA) is 58.0 Å². The van der Waals surface area contributed by atoms with E-state index < -0.39 is 0 Å². The molecule has 4 rings (SSSR count). The summed E-state index contributed by atoms with van der Waals surface area (Å²) in [7, 11) is 1.70. The summed E-state index contributed by atoms with van der Waals surface area (Å²) in [5.74, 6) is 1.68. The highest BCUT2D eigenvalue weighted by molar-refractivity contribution is 5.80. The smallest absolute Gasteiger partial charge is 0.234 e. The van der Waals surface area contributed by atoms with Gasteiger partial charge >= 0.3 is 0 Å². The third kappa shape index (κ3) is 4.38. The molecule has 6 heteroatoms. The fraction of sp³-hybridized carbons (Fsp3) is 0.348. The van der Waals surface area contributed by atoms with E-state index in [1.165, 1.54) is 0 Å². The number of furan rings is 1. The zero-order valence-electron chi connectivity index (χ0n) is 16.9. The third-order valence-electron chi connectivity index (χ3n) is 5.41. The Bertz CT molecular complexity index is 943. The molecule has 0 unspecified atom stereocenters. The van der Waals surface area contributed by atoms with Gasteiger partial charge in [-0.15, -0.1) is 0 Å². The van der Waals surface area contributed by atoms with Crippen molar-refractivity contribution in [3.8, 4) is 5.75 Å². The van der Waals surface area contributed by atoms with Gasteiger partial charge in [-0.3, -0.25) is 9.69 Å². The molecule has 1 N–H and O–H groups in total. The van der Waals surface area contributed by atoms with Gasteiger partial charge < -0.3 is 19.4 Å². The maximum absolute atomic E-state index is 12.5. The van der Waals surface area contributed by atoms with E-state index >= 15 is 0 Å². The molecule has 0 saturated carbocycles. The largest absolute Gasteiger partial charge is 0.495 e. The Morgan fingerprint density at radius 3 is 2.59 bits per heavy atom. The predicted octanol–water partition coefficient (Wildman–Crippen LogP) is 3.44. The maximum Gasteiger partial charge on any atom is 0.234 e. The lowest BCUT2D eigenvalue weighted by molar-refractivity contribution is -0.123. The Balaban J connectivity index is 1.29. The van der Waals surface area contributed by atoms with Crippen LogP contribution in [0.4, 0.5) is 5.69 Å². The first-order valence-electron chi connectivity index (χ1n) is 10.0. The SMILES string of the molecule is COc1ccccc1N1CCN(CC(=O)N[C@@H](C)c2cc3ccccc3o2)CC1. The average Bonchev–Trinajstić information content (AvgIpc) is 3.19. The standard InChI is InChI=1S/C23H27N3O3/c1-17(22-15-18-7-3-5-9-20(18)29-22)24-23(27)16-25-11-13-26(14-12-25)19-8-4-6-10-21(19)28-2/h3-10,15,17H,11-14,16H2,1-2H3,(H,24,27)/t17-/m0/s1. The van der Waals surface area contributed by atoms with Gasteiger partial charge in [0.2, 0.25) is 5.91 Å². The monoisotopic (exact) mass is 393 g/mol. The number of methoxy groups -OCH3 is 1. The van der Waals surface area contributed by atoms with Crippen LogP contribution >= 0.6 is 0 Å². The number of fused-ring (bicyclic) bond motifs is 1. The molecule has 3 aromatic rings. The summed E-state index contributed by atoms with van der Waals surface area (Å²) in [5, 5.41) is 4.11. The van der Waals surface area contributed by atoms with Crippen molar-refractivity contribution in [1.29, 1.82) is 0 Å². The average molecular weight is 393 g/mol. The first-order valence-corrected chi connectivity index (χ1v) is 10.0. The lowest BCUT2D eigenvalue weighted by atomic mass is 10.2. The first kappa shape index (κ1) is 19.3. The van der Waals surface area contributed by atoms with E-state index in [0.29, 0.717) is 6.54 Å². The van der Waals surface area contributed by atoms with Gasteiger partial charge in [0, 0.05) is 31.6 Å². The molecule has 1 aliphatic rings. The second-order valence-corrected chi connectivity index (χ2v) is 7.41. The quantitative estimate of drug-likeness (QED) is 0.695. The minimum Gasteiger partial charge on any atom is -0.495 e. The lowest BCUT2D eigenvalue weighted by Gasteiger charge is -2.36. The van der Waals surface area contributed by atoms with E-state index in [-0.39, 0.29) is 11.9 Å². The molecular weight excluding hydrogens is 366 g/mol. The van der Waals surface area contributed by atoms with Crippen molar-refractivity contribution in [1.82, 2.24) is 10.2 Å². The number of hydrogen-bond acceptors (Lipinski definition) is 5. The van der Waals surface area contributed by atoms with Crippen LogP contribution in [0.1, 0.15) is 18.7 Å². The fourth-order valence-electron chi connectivity index (χ4n) is 3.82. The number of amides is 1. The van der Waals surface area contributed by atoms with E-state index in [9.17, 15) is 4.79 Å². The normalized spacial score (nSPS) is 16.0. The Kier molecular flexibility index (Phi) is 5.71. The van der Waals surface area contributed by atoms with Gasteiger partial charge in [0.25, 0.3) is 0 Å². The molecule has 29 heavy (non-hydrogen) atoms. The molecular formula is C23H27N3O3. The second-order valence-electron chi connectivity index (χ2n) is 7.41. The van der Waals surface area contributed by atoms with Crippen LogP contribution < -0.4 is 15.0 Å². The van der Waals surface area contributed by atoms with Gasteiger partial charge in [-0.25, -0.2) is 0 Å². The van der Waals surface area contributed by atoms with Crippen molar-refractivity contribution in [2.45, 2.75) is 13.0 Å². The van der Waals surface area contributed by atoms with E-state index in [0.717, 1.165) is 54.3 Å². The van der Waals surface area contributed by atoms with Gasteiger partial charge in [0.05, 0.1) is 25.4 Å². The zero-order chi connectivity index (χ0) is 20.2. The molecule has 0 bridgehead atoms. The number of ether oxygens (including phenoxy) is 1. The van der Waals surface area contributed by atoms with Crippen LogP contribution in [0.5, 0.6) is 5.75 Å². The van der Waals surface area contributed by atoms with Crippen LogP contribution in [0.3, 0.4) is 0 Å². The van der Waals surface area contributed by atoms with E-state index in [1.54, 1.807) is 7.11 Å². The fourth-order valence-corrected chi connectivity index (χ4v) is 3.82. The van der Waals surface area contributed by atoms with Gasteiger partial charge in [-0.05, 0) is 31.2 Å². The van der Waals surface area contributed by atoms with Crippen molar-refractivity contribution in [2.24, 2.45) is 0 Å². The highest BCUT2D eigenvalue weighted by Crippen LogP contribution is 2.28. The van der Waals surface area contributed by atoms with E-state index in [2.05, 4.69) is 21.2 Å². The summed E-state index contributed by atoms with van der Waals surface area (Å²) in [6, 6.07) is 17.8. The summed E-state index contributed by atoms with van der Waals surface area (Å²) in [5.41, 5.74) is 1.95. The van der Waals surface area contributed by atoms with Crippen LogP contribution in [0.25, 0.3) is 11.0 Å². The number of anilines is 1. The molecule has 0 radical (unpaired) electrons. The van der Waals surface area contributed by atoms with Crippen molar-refractivity contribution < 1.29 is 13.9 Å². The number of benzene rings is 2. The van der Waals surface area contributed by atoms with Gasteiger partial charge in [-0.2, -0.15) is 0 Å². The number of piperazine rings is 1. The number of nitrogens with one attached hydrogen (secondary N) is 1. The van der Waals surface area contributed by atoms with Crippen LogP contribution in [-0.4, -0.2) is 50.6 Å². The molecule has 1 aromatic heterocycles. The van der Waals surface area contributed by atoms with Crippen molar-refractivity contribution in [2.75, 3.05) is 44.7 Å². The molecule has 1 atom stereocenters. The highest BCUT2D eigenvalue weighted by Gasteiger charge is 2.22. The maximum atomic E-state index is 12.5. The Labute approximate surface area is 171 Å². The number of rotatable bonds is 6. The van der Waals surface area contributed by atoms with E-state index in [4.69, 9.17) is 9.15 Å². The molecule has 152 valence electrons. The highest BCUT2D eigenvalue weighted by atomic mass is 16.5. The van der Waals surface area contributed by atoms with Gasteiger partial charge in [0.1, 0.15) is 17.1 Å². The Morgan fingerprint density at radius 2 is 1.83 bits per heavy atom. The molecule has 2 aromatic carbocycles. The minimum absolute atomic E-state index is 0.0173. The summed E-state index contributed by atoms with van der Waals surface area (Å²) in [6.07, 6.45) is 0. The molecule has 1 fully saturated rings. The molecule has 1 saturated heterocycles. The molecule has 0 spiro atoms. The predicted molar refractivity (Wildman–Crippen MR) is 114 cm³/mol. The van der Waals surface area contributed by atoms with Crippen molar-refractivity contribution in [3.63, 3.8) is 0 Å². The number of nitrogens with zero attached hydrogens (tertiary/aromatic N) is 2. The number of carbonyl (C=O) groups is 1. The van der Waals surface area contributed by atoms with Crippen LogP contribution in [-0.2, 0) is 4.79 Å². The van der Waals surface area contributed by atoms with Crippen LogP contribution in [0.15, 0.2) is 59.0 Å². The summed E-state index contributed by atoms with van der Waals surface area (Å²) < 4.78 is 11.3. The summed E-state index contributed by atoms with van der Waals surface area (Å²) in [4.78, 5) is 17.0. The third-order valence-corrected chi connectivity index (χ3v) is 5.41. The number of hydrogen-bond donors (Lipinski definition) is 1. The van der Waals surface area contributed by atoms with Crippen LogP contribution in [0, 0.1) is 0 Å². The Morgan fingerprint density at radius 1 is 1.10 bits per heavy atom. The number of para-hydroxylation sites is 3. The second kappa shape index (κ2) is 8.57. The molecule has 0 aliphatic carbocycles. The number of carbonyl (C=O) groups excluding carboxylic acids is 1. The molecule has 6 nitrogen and oxygen atoms in total. The van der Waals surface area contributed by atoms with Crippen molar-refractivity contribution >= 4 is 22.6 Å². The van der Waals surface area contributed by atoms with Gasteiger partial charge in [0.15, 0.2) is 0 Å². The Hall–Kier alpha value is -2.99. The molecule has 1 amide bonds. The molecule has 2 heterocycles. The first-order chi connectivity index (χ1) is 14.1.